The number of amides is 2. The molecule has 138 valence electrons. The lowest BCUT2D eigenvalue weighted by Crippen LogP contribution is -2.50. The summed E-state index contributed by atoms with van der Waals surface area (Å²) < 4.78 is 0. The molecule has 0 bridgehead atoms. The Morgan fingerprint density at radius 1 is 1.15 bits per heavy atom. The van der Waals surface area contributed by atoms with Gasteiger partial charge in [-0.15, -0.1) is 0 Å². The van der Waals surface area contributed by atoms with Gasteiger partial charge in [-0.2, -0.15) is 0 Å². The summed E-state index contributed by atoms with van der Waals surface area (Å²) in [6, 6.07) is 9.64. The van der Waals surface area contributed by atoms with Crippen LogP contribution in [0.4, 0.5) is 16.3 Å². The number of rotatable bonds is 4. The molecule has 3 rings (SSSR count). The second-order valence-electron chi connectivity index (χ2n) is 6.31. The van der Waals surface area contributed by atoms with E-state index in [4.69, 9.17) is 23.2 Å². The molecule has 1 N–H and O–H groups in total. The van der Waals surface area contributed by atoms with Gasteiger partial charge in [-0.1, -0.05) is 48.7 Å². The number of carbonyl (C=O) groups excluding carboxylic acids is 1. The van der Waals surface area contributed by atoms with Crippen molar-refractivity contribution in [2.45, 2.75) is 19.8 Å². The highest BCUT2D eigenvalue weighted by molar-refractivity contribution is 6.36. The Bertz CT molecular complexity index is 759. The summed E-state index contributed by atoms with van der Waals surface area (Å²) in [4.78, 5) is 20.7. The average Bonchev–Trinajstić information content (AvgIpc) is 2.64. The van der Waals surface area contributed by atoms with Crippen molar-refractivity contribution in [2.24, 2.45) is 0 Å². The number of aromatic nitrogens is 1. The van der Waals surface area contributed by atoms with E-state index in [0.29, 0.717) is 42.0 Å². The molecular formula is C19H22Cl2N4O. The van der Waals surface area contributed by atoms with E-state index in [1.165, 1.54) is 5.56 Å². The van der Waals surface area contributed by atoms with Crippen LogP contribution in [0.1, 0.15) is 18.9 Å². The monoisotopic (exact) mass is 392 g/mol. The maximum Gasteiger partial charge on any atom is 0.321 e. The van der Waals surface area contributed by atoms with Gasteiger partial charge in [-0.3, -0.25) is 0 Å². The molecule has 2 aromatic rings. The number of pyridine rings is 1. The second-order valence-corrected chi connectivity index (χ2v) is 7.15. The van der Waals surface area contributed by atoms with E-state index in [1.807, 2.05) is 12.1 Å². The molecule has 0 unspecified atom stereocenters. The molecule has 1 saturated heterocycles. The lowest BCUT2D eigenvalue weighted by molar-refractivity contribution is 0.208. The molecule has 1 aromatic heterocycles. The third-order valence-corrected chi connectivity index (χ3v) is 4.88. The van der Waals surface area contributed by atoms with Crippen molar-refractivity contribution in [3.05, 3.63) is 52.1 Å². The lowest BCUT2D eigenvalue weighted by Gasteiger charge is -2.35. The van der Waals surface area contributed by atoms with E-state index in [-0.39, 0.29) is 6.03 Å². The SMILES string of the molecule is CCCc1ccc(NC(=O)N2CCN(c3ncc(Cl)cc3Cl)CC2)cc1. The fourth-order valence-electron chi connectivity index (χ4n) is 3.01. The van der Waals surface area contributed by atoms with Crippen LogP contribution in [0, 0.1) is 0 Å². The number of carbonyl (C=O) groups is 1. The van der Waals surface area contributed by atoms with Crippen LogP contribution in [0.2, 0.25) is 10.0 Å². The van der Waals surface area contributed by atoms with Crippen LogP contribution in [-0.2, 0) is 6.42 Å². The van der Waals surface area contributed by atoms with Gasteiger partial charge in [0.1, 0.15) is 5.82 Å². The number of benzene rings is 1. The largest absolute Gasteiger partial charge is 0.352 e. The van der Waals surface area contributed by atoms with Crippen molar-refractivity contribution in [3.63, 3.8) is 0 Å². The van der Waals surface area contributed by atoms with E-state index in [1.54, 1.807) is 17.2 Å². The van der Waals surface area contributed by atoms with Gasteiger partial charge in [0.15, 0.2) is 0 Å². The number of nitrogens with one attached hydrogen (secondary N) is 1. The van der Waals surface area contributed by atoms with E-state index in [0.717, 1.165) is 18.5 Å². The highest BCUT2D eigenvalue weighted by Crippen LogP contribution is 2.26. The molecule has 1 aliphatic rings. The van der Waals surface area contributed by atoms with Crippen LogP contribution in [0.5, 0.6) is 0 Å². The average molecular weight is 393 g/mol. The number of nitrogens with zero attached hydrogens (tertiary/aromatic N) is 3. The van der Waals surface area contributed by atoms with Gasteiger partial charge in [0, 0.05) is 38.1 Å². The fourth-order valence-corrected chi connectivity index (χ4v) is 3.51. The van der Waals surface area contributed by atoms with E-state index >= 15 is 0 Å². The van der Waals surface area contributed by atoms with Gasteiger partial charge in [0.05, 0.1) is 10.0 Å². The van der Waals surface area contributed by atoms with Gasteiger partial charge in [0.2, 0.25) is 0 Å². The van der Waals surface area contributed by atoms with Gasteiger partial charge >= 0.3 is 6.03 Å². The number of urea groups is 1. The minimum absolute atomic E-state index is 0.0805. The second kappa shape index (κ2) is 8.60. The molecule has 5 nitrogen and oxygen atoms in total. The third kappa shape index (κ3) is 4.59. The molecule has 0 aliphatic carbocycles. The maximum atomic E-state index is 12.5. The summed E-state index contributed by atoms with van der Waals surface area (Å²) in [5.41, 5.74) is 2.10. The van der Waals surface area contributed by atoms with Gasteiger partial charge in [-0.25, -0.2) is 9.78 Å². The number of piperazine rings is 1. The zero-order valence-electron chi connectivity index (χ0n) is 14.7. The molecule has 1 fully saturated rings. The Labute approximate surface area is 163 Å². The maximum absolute atomic E-state index is 12.5. The molecular weight excluding hydrogens is 371 g/mol. The summed E-state index contributed by atoms with van der Waals surface area (Å²) in [5, 5.41) is 4.01. The number of halogens is 2. The highest BCUT2D eigenvalue weighted by atomic mass is 35.5. The quantitative estimate of drug-likeness (QED) is 0.820. The number of aryl methyl sites for hydroxylation is 1. The van der Waals surface area contributed by atoms with Crippen LogP contribution in [0.15, 0.2) is 36.5 Å². The van der Waals surface area contributed by atoms with Crippen molar-refractivity contribution in [2.75, 3.05) is 36.4 Å². The Hall–Kier alpha value is -1.98. The molecule has 1 aromatic carbocycles. The number of anilines is 2. The Kier molecular flexibility index (Phi) is 6.22. The van der Waals surface area contributed by atoms with Crippen LogP contribution >= 0.6 is 23.2 Å². The Morgan fingerprint density at radius 2 is 1.85 bits per heavy atom. The zero-order valence-corrected chi connectivity index (χ0v) is 16.2. The molecule has 2 amide bonds. The lowest BCUT2D eigenvalue weighted by atomic mass is 10.1. The minimum Gasteiger partial charge on any atom is -0.352 e. The normalized spacial score (nSPS) is 14.4. The topological polar surface area (TPSA) is 48.5 Å². The van der Waals surface area contributed by atoms with Gasteiger partial charge in [0.25, 0.3) is 0 Å². The first-order chi connectivity index (χ1) is 12.6. The molecule has 1 aliphatic heterocycles. The number of hydrogen-bond acceptors (Lipinski definition) is 3. The first-order valence-electron chi connectivity index (χ1n) is 8.77. The van der Waals surface area contributed by atoms with Crippen LogP contribution in [0.3, 0.4) is 0 Å². The van der Waals surface area contributed by atoms with Crippen LogP contribution in [-0.4, -0.2) is 42.1 Å². The molecule has 7 heteroatoms. The summed E-state index contributed by atoms with van der Waals surface area (Å²) in [5.74, 6) is 0.711. The van der Waals surface area contributed by atoms with Crippen molar-refractivity contribution in [3.8, 4) is 0 Å². The minimum atomic E-state index is -0.0805. The molecule has 2 heterocycles. The summed E-state index contributed by atoms with van der Waals surface area (Å²) in [6.45, 7) is 4.73. The first kappa shape index (κ1) is 18.8. The fraction of sp³-hybridized carbons (Fsp3) is 0.368. The Balaban J connectivity index is 1.54. The van der Waals surface area contributed by atoms with E-state index in [9.17, 15) is 4.79 Å². The van der Waals surface area contributed by atoms with E-state index in [2.05, 4.69) is 34.3 Å². The third-order valence-electron chi connectivity index (χ3n) is 4.40. The van der Waals surface area contributed by atoms with Crippen LogP contribution in [0.25, 0.3) is 0 Å². The van der Waals surface area contributed by atoms with Gasteiger partial charge in [-0.05, 0) is 30.2 Å². The zero-order chi connectivity index (χ0) is 18.5. The molecule has 0 spiro atoms. The Morgan fingerprint density at radius 3 is 2.46 bits per heavy atom. The number of hydrogen-bond donors (Lipinski definition) is 1. The molecule has 0 radical (unpaired) electrons. The standard InChI is InChI=1S/C19H22Cl2N4O/c1-2-3-14-4-6-16(7-5-14)23-19(26)25-10-8-24(9-11-25)18-17(21)12-15(20)13-22-18/h4-7,12-13H,2-3,8-11H2,1H3,(H,23,26). The van der Waals surface area contributed by atoms with E-state index < -0.39 is 0 Å². The van der Waals surface area contributed by atoms with Crippen molar-refractivity contribution in [1.29, 1.82) is 0 Å². The molecule has 0 atom stereocenters. The smallest absolute Gasteiger partial charge is 0.321 e. The predicted octanol–water partition coefficient (Wildman–Crippen LogP) is 4.70. The molecule has 0 saturated carbocycles. The summed E-state index contributed by atoms with van der Waals surface area (Å²) in [7, 11) is 0. The highest BCUT2D eigenvalue weighted by Gasteiger charge is 2.23. The summed E-state index contributed by atoms with van der Waals surface area (Å²) in [6.07, 6.45) is 3.75. The first-order valence-corrected chi connectivity index (χ1v) is 9.53. The van der Waals surface area contributed by atoms with Crippen molar-refractivity contribution >= 4 is 40.7 Å². The van der Waals surface area contributed by atoms with Crippen molar-refractivity contribution in [1.82, 2.24) is 9.88 Å². The van der Waals surface area contributed by atoms with Crippen molar-refractivity contribution < 1.29 is 4.79 Å². The van der Waals surface area contributed by atoms with Crippen LogP contribution < -0.4 is 10.2 Å². The van der Waals surface area contributed by atoms with Gasteiger partial charge < -0.3 is 15.1 Å². The molecule has 26 heavy (non-hydrogen) atoms. The predicted molar refractivity (Wildman–Crippen MR) is 107 cm³/mol. The summed E-state index contributed by atoms with van der Waals surface area (Å²) >= 11 is 12.1.